The Hall–Kier alpha value is -1.13. The lowest BCUT2D eigenvalue weighted by molar-refractivity contribution is 0.0553. The van der Waals surface area contributed by atoms with Gasteiger partial charge in [0, 0.05) is 18.1 Å². The molecule has 1 atom stereocenters. The highest BCUT2D eigenvalue weighted by atomic mass is 19.1. The van der Waals surface area contributed by atoms with Gasteiger partial charge in [-0.2, -0.15) is 0 Å². The molecule has 4 heteroatoms. The third kappa shape index (κ3) is 4.71. The van der Waals surface area contributed by atoms with Crippen LogP contribution in [-0.2, 0) is 0 Å². The highest BCUT2D eigenvalue weighted by molar-refractivity contribution is 5.29. The zero-order chi connectivity index (χ0) is 13.1. The van der Waals surface area contributed by atoms with E-state index in [1.807, 2.05) is 0 Å². The van der Waals surface area contributed by atoms with Gasteiger partial charge in [-0.15, -0.1) is 0 Å². The van der Waals surface area contributed by atoms with E-state index in [2.05, 4.69) is 0 Å². The van der Waals surface area contributed by atoms with E-state index in [9.17, 15) is 14.6 Å². The van der Waals surface area contributed by atoms with Crippen molar-refractivity contribution in [1.82, 2.24) is 0 Å². The van der Waals surface area contributed by atoms with Gasteiger partial charge < -0.3 is 14.9 Å². The van der Waals surface area contributed by atoms with Crippen LogP contribution in [0.25, 0.3) is 0 Å². The van der Waals surface area contributed by atoms with Crippen LogP contribution in [0.2, 0.25) is 0 Å². The monoisotopic (exact) mass is 242 g/mol. The first kappa shape index (κ1) is 13.9. The largest absolute Gasteiger partial charge is 0.493 e. The molecule has 0 unspecified atom stereocenters. The third-order valence-corrected chi connectivity index (χ3v) is 2.40. The summed E-state index contributed by atoms with van der Waals surface area (Å²) < 4.78 is 18.8. The molecule has 0 radical (unpaired) electrons. The fourth-order valence-corrected chi connectivity index (χ4v) is 1.36. The lowest BCUT2D eigenvalue weighted by Gasteiger charge is -2.17. The lowest BCUT2D eigenvalue weighted by atomic mass is 10.1. The first-order valence-electron chi connectivity index (χ1n) is 5.62. The number of aliphatic hydroxyl groups is 2. The molecule has 0 bridgehead atoms. The van der Waals surface area contributed by atoms with Crippen molar-refractivity contribution in [2.75, 3.05) is 6.61 Å². The summed E-state index contributed by atoms with van der Waals surface area (Å²) >= 11 is 0. The van der Waals surface area contributed by atoms with Gasteiger partial charge >= 0.3 is 0 Å². The quantitative estimate of drug-likeness (QED) is 0.833. The van der Waals surface area contributed by atoms with Gasteiger partial charge in [0.25, 0.3) is 0 Å². The van der Waals surface area contributed by atoms with Crippen LogP contribution in [0.5, 0.6) is 5.75 Å². The Bertz CT molecular complexity index is 369. The van der Waals surface area contributed by atoms with Crippen LogP contribution in [0.3, 0.4) is 0 Å². The van der Waals surface area contributed by atoms with E-state index in [4.69, 9.17) is 4.74 Å². The third-order valence-electron chi connectivity index (χ3n) is 2.40. The number of ether oxygens (including phenoxy) is 1. The molecule has 17 heavy (non-hydrogen) atoms. The maximum absolute atomic E-state index is 13.5. The van der Waals surface area contributed by atoms with Crippen molar-refractivity contribution >= 4 is 0 Å². The molecular weight excluding hydrogens is 223 g/mol. The molecule has 0 amide bonds. The fourth-order valence-electron chi connectivity index (χ4n) is 1.36. The molecule has 0 aromatic heterocycles. The smallest absolute Gasteiger partial charge is 0.132 e. The molecule has 1 aromatic rings. The number of hydrogen-bond acceptors (Lipinski definition) is 3. The van der Waals surface area contributed by atoms with Crippen LogP contribution in [-0.4, -0.2) is 22.4 Å². The maximum atomic E-state index is 13.5. The van der Waals surface area contributed by atoms with Crippen molar-refractivity contribution < 1.29 is 19.3 Å². The average Bonchev–Trinajstić information content (AvgIpc) is 2.15. The van der Waals surface area contributed by atoms with Crippen LogP contribution in [0.1, 0.15) is 38.9 Å². The zero-order valence-corrected chi connectivity index (χ0v) is 10.4. The molecule has 0 saturated carbocycles. The van der Waals surface area contributed by atoms with Crippen LogP contribution in [0.15, 0.2) is 18.2 Å². The Morgan fingerprint density at radius 3 is 2.53 bits per heavy atom. The van der Waals surface area contributed by atoms with Gasteiger partial charge in [-0.1, -0.05) is 0 Å². The van der Waals surface area contributed by atoms with Crippen molar-refractivity contribution in [2.24, 2.45) is 0 Å². The van der Waals surface area contributed by atoms with E-state index >= 15 is 0 Å². The first-order valence-corrected chi connectivity index (χ1v) is 5.62. The summed E-state index contributed by atoms with van der Waals surface area (Å²) in [5, 5.41) is 18.7. The van der Waals surface area contributed by atoms with Crippen molar-refractivity contribution in [1.29, 1.82) is 0 Å². The summed E-state index contributed by atoms with van der Waals surface area (Å²) in [5.41, 5.74) is -0.544. The topological polar surface area (TPSA) is 49.7 Å². The zero-order valence-electron chi connectivity index (χ0n) is 10.4. The minimum atomic E-state index is -0.833. The van der Waals surface area contributed by atoms with E-state index in [1.54, 1.807) is 19.9 Å². The second-order valence-corrected chi connectivity index (χ2v) is 4.77. The molecule has 1 aromatic carbocycles. The SMILES string of the molecule is C[C@@H](O)c1ccc(OCCC(C)(C)O)cc1F. The molecule has 96 valence electrons. The van der Waals surface area contributed by atoms with Crippen LogP contribution >= 0.6 is 0 Å². The summed E-state index contributed by atoms with van der Waals surface area (Å²) in [7, 11) is 0. The molecule has 0 spiro atoms. The first-order chi connectivity index (χ1) is 7.79. The second kappa shape index (κ2) is 5.47. The minimum Gasteiger partial charge on any atom is -0.493 e. The van der Waals surface area contributed by atoms with Gasteiger partial charge in [0.15, 0.2) is 0 Å². The van der Waals surface area contributed by atoms with Crippen molar-refractivity contribution in [3.8, 4) is 5.75 Å². The number of hydrogen-bond donors (Lipinski definition) is 2. The highest BCUT2D eigenvalue weighted by Crippen LogP contribution is 2.22. The van der Waals surface area contributed by atoms with Gasteiger partial charge in [-0.3, -0.25) is 0 Å². The van der Waals surface area contributed by atoms with Crippen molar-refractivity contribution in [2.45, 2.75) is 38.9 Å². The van der Waals surface area contributed by atoms with Gasteiger partial charge in [0.2, 0.25) is 0 Å². The molecule has 3 nitrogen and oxygen atoms in total. The Labute approximate surface area is 101 Å². The van der Waals surface area contributed by atoms with Gasteiger partial charge in [-0.25, -0.2) is 4.39 Å². The van der Waals surface area contributed by atoms with Gasteiger partial charge in [0.1, 0.15) is 11.6 Å². The second-order valence-electron chi connectivity index (χ2n) is 4.77. The number of aliphatic hydroxyl groups excluding tert-OH is 1. The minimum absolute atomic E-state index is 0.250. The number of benzene rings is 1. The molecule has 0 aliphatic rings. The molecule has 1 rings (SSSR count). The fraction of sp³-hybridized carbons (Fsp3) is 0.538. The Morgan fingerprint density at radius 1 is 1.41 bits per heavy atom. The molecule has 0 fully saturated rings. The summed E-state index contributed by atoms with van der Waals surface area (Å²) in [5.74, 6) is -0.0862. The standard InChI is InChI=1S/C13H19FO3/c1-9(15)11-5-4-10(8-12(11)14)17-7-6-13(2,3)16/h4-5,8-9,15-16H,6-7H2,1-3H3/t9-/m1/s1. The van der Waals surface area contributed by atoms with E-state index in [-0.39, 0.29) is 5.56 Å². The number of halogens is 1. The van der Waals surface area contributed by atoms with E-state index in [0.717, 1.165) is 0 Å². The predicted octanol–water partition coefficient (Wildman–Crippen LogP) is 2.42. The Balaban J connectivity index is 2.59. The van der Waals surface area contributed by atoms with Crippen LogP contribution in [0.4, 0.5) is 4.39 Å². The predicted molar refractivity (Wildman–Crippen MR) is 63.4 cm³/mol. The summed E-state index contributed by atoms with van der Waals surface area (Å²) in [4.78, 5) is 0. The van der Waals surface area contributed by atoms with Gasteiger partial charge in [0.05, 0.1) is 18.3 Å². The summed E-state index contributed by atoms with van der Waals surface area (Å²) in [6.07, 6.45) is -0.368. The van der Waals surface area contributed by atoms with Crippen LogP contribution in [0, 0.1) is 5.82 Å². The molecule has 0 aliphatic carbocycles. The molecule has 0 aliphatic heterocycles. The van der Waals surface area contributed by atoms with Gasteiger partial charge in [-0.05, 0) is 32.9 Å². The number of rotatable bonds is 5. The summed E-state index contributed by atoms with van der Waals surface area (Å²) in [6.45, 7) is 5.20. The molecule has 0 saturated heterocycles. The summed E-state index contributed by atoms with van der Waals surface area (Å²) in [6, 6.07) is 4.35. The Kier molecular flexibility index (Phi) is 4.48. The van der Waals surface area contributed by atoms with E-state index in [0.29, 0.717) is 18.8 Å². The molecular formula is C13H19FO3. The van der Waals surface area contributed by atoms with Crippen LogP contribution < -0.4 is 4.74 Å². The van der Waals surface area contributed by atoms with Crippen molar-refractivity contribution in [3.63, 3.8) is 0 Å². The Morgan fingerprint density at radius 2 is 2.06 bits per heavy atom. The average molecular weight is 242 g/mol. The normalized spacial score (nSPS) is 13.5. The molecule has 0 heterocycles. The lowest BCUT2D eigenvalue weighted by Crippen LogP contribution is -2.21. The van der Waals surface area contributed by atoms with Crippen molar-refractivity contribution in [3.05, 3.63) is 29.6 Å². The maximum Gasteiger partial charge on any atom is 0.132 e. The highest BCUT2D eigenvalue weighted by Gasteiger charge is 2.13. The molecule has 2 N–H and O–H groups in total. The van der Waals surface area contributed by atoms with E-state index in [1.165, 1.54) is 19.1 Å². The van der Waals surface area contributed by atoms with E-state index < -0.39 is 17.5 Å².